The lowest BCUT2D eigenvalue weighted by atomic mass is 9.90. The molecule has 0 aliphatic carbocycles. The molecule has 1 heterocycles. The number of rotatable bonds is 4. The van der Waals surface area contributed by atoms with Gasteiger partial charge in [-0.3, -0.25) is 4.79 Å². The van der Waals surface area contributed by atoms with Crippen molar-refractivity contribution in [2.75, 3.05) is 6.54 Å². The lowest BCUT2D eigenvalue weighted by Gasteiger charge is -2.22. The monoisotopic (exact) mass is 337 g/mol. The van der Waals surface area contributed by atoms with Crippen LogP contribution in [-0.4, -0.2) is 17.3 Å². The summed E-state index contributed by atoms with van der Waals surface area (Å²) >= 11 is 10.7. The highest BCUT2D eigenvalue weighted by Gasteiger charge is 2.17. The number of amides is 1. The van der Waals surface area contributed by atoms with Gasteiger partial charge >= 0.3 is 0 Å². The van der Waals surface area contributed by atoms with Gasteiger partial charge in [0.05, 0.1) is 9.21 Å². The Morgan fingerprint density at radius 2 is 2.18 bits per heavy atom. The molecule has 1 unspecified atom stereocenters. The number of halogens is 2. The first kappa shape index (κ1) is 15.0. The SMILES string of the molecule is CC(C)(C)CC(Br)CNC(=O)c1ccc(Cl)s1. The molecule has 0 aliphatic rings. The number of alkyl halides is 1. The summed E-state index contributed by atoms with van der Waals surface area (Å²) in [5.74, 6) is -0.0553. The van der Waals surface area contributed by atoms with Crippen molar-refractivity contribution in [2.24, 2.45) is 5.41 Å². The minimum atomic E-state index is -0.0553. The predicted octanol–water partition coefficient (Wildman–Crippen LogP) is 4.33. The lowest BCUT2D eigenvalue weighted by Crippen LogP contribution is -2.30. The van der Waals surface area contributed by atoms with E-state index in [2.05, 4.69) is 42.0 Å². The van der Waals surface area contributed by atoms with Crippen LogP contribution in [0.3, 0.4) is 0 Å². The quantitative estimate of drug-likeness (QED) is 0.813. The van der Waals surface area contributed by atoms with Crippen molar-refractivity contribution in [3.05, 3.63) is 21.3 Å². The zero-order valence-electron chi connectivity index (χ0n) is 10.2. The van der Waals surface area contributed by atoms with Crippen LogP contribution in [0.5, 0.6) is 0 Å². The fourth-order valence-corrected chi connectivity index (χ4v) is 3.56. The first-order valence-corrected chi connectivity index (χ1v) is 7.56. The van der Waals surface area contributed by atoms with Gasteiger partial charge in [0.2, 0.25) is 0 Å². The molecule has 1 amide bonds. The summed E-state index contributed by atoms with van der Waals surface area (Å²) in [5.41, 5.74) is 0.255. The van der Waals surface area contributed by atoms with E-state index < -0.39 is 0 Å². The molecule has 17 heavy (non-hydrogen) atoms. The van der Waals surface area contributed by atoms with Crippen LogP contribution in [0.25, 0.3) is 0 Å². The van der Waals surface area contributed by atoms with Gasteiger partial charge < -0.3 is 5.32 Å². The van der Waals surface area contributed by atoms with Crippen LogP contribution in [0, 0.1) is 5.41 Å². The maximum atomic E-state index is 11.7. The Labute approximate surface area is 120 Å². The maximum absolute atomic E-state index is 11.7. The molecule has 0 spiro atoms. The number of carbonyl (C=O) groups is 1. The number of carbonyl (C=O) groups excluding carboxylic acids is 1. The molecule has 1 N–H and O–H groups in total. The average Bonchev–Trinajstić information content (AvgIpc) is 2.58. The van der Waals surface area contributed by atoms with Gasteiger partial charge in [-0.1, -0.05) is 48.3 Å². The third kappa shape index (κ3) is 5.89. The third-order valence-electron chi connectivity index (χ3n) is 2.11. The molecule has 1 aromatic heterocycles. The highest BCUT2D eigenvalue weighted by Crippen LogP contribution is 2.24. The van der Waals surface area contributed by atoms with Crippen LogP contribution in [0.4, 0.5) is 0 Å². The summed E-state index contributed by atoms with van der Waals surface area (Å²) in [4.78, 5) is 12.7. The molecule has 96 valence electrons. The molecule has 0 aliphatic heterocycles. The number of nitrogens with one attached hydrogen (secondary N) is 1. The van der Waals surface area contributed by atoms with E-state index >= 15 is 0 Å². The maximum Gasteiger partial charge on any atom is 0.261 e. The van der Waals surface area contributed by atoms with Gasteiger partial charge in [0.25, 0.3) is 5.91 Å². The fraction of sp³-hybridized carbons (Fsp3) is 0.583. The van der Waals surface area contributed by atoms with Crippen LogP contribution in [0.1, 0.15) is 36.9 Å². The Morgan fingerprint density at radius 1 is 1.53 bits per heavy atom. The zero-order valence-corrected chi connectivity index (χ0v) is 13.4. The van der Waals surface area contributed by atoms with Crippen LogP contribution in [0.2, 0.25) is 4.34 Å². The minimum absolute atomic E-state index is 0.0553. The summed E-state index contributed by atoms with van der Waals surface area (Å²) in [6.07, 6.45) is 1.01. The van der Waals surface area contributed by atoms with E-state index in [1.165, 1.54) is 11.3 Å². The van der Waals surface area contributed by atoms with E-state index in [1.807, 2.05) is 0 Å². The van der Waals surface area contributed by atoms with Crippen LogP contribution in [0.15, 0.2) is 12.1 Å². The summed E-state index contributed by atoms with van der Waals surface area (Å²) in [6.45, 7) is 7.18. The summed E-state index contributed by atoms with van der Waals surface area (Å²) < 4.78 is 0.639. The first-order valence-electron chi connectivity index (χ1n) is 5.45. The van der Waals surface area contributed by atoms with Gasteiger partial charge in [-0.15, -0.1) is 11.3 Å². The Kier molecular flexibility index (Phi) is 5.48. The summed E-state index contributed by atoms with van der Waals surface area (Å²) in [5, 5.41) is 2.90. The third-order valence-corrected chi connectivity index (χ3v) is 3.99. The topological polar surface area (TPSA) is 29.1 Å². The van der Waals surface area contributed by atoms with Crippen LogP contribution in [-0.2, 0) is 0 Å². The molecule has 5 heteroatoms. The van der Waals surface area contributed by atoms with E-state index in [9.17, 15) is 4.79 Å². The second-order valence-electron chi connectivity index (χ2n) is 5.18. The molecule has 0 aromatic carbocycles. The van der Waals surface area contributed by atoms with Crippen molar-refractivity contribution >= 4 is 44.8 Å². The molecule has 1 atom stereocenters. The van der Waals surface area contributed by atoms with Gasteiger partial charge in [0, 0.05) is 11.4 Å². The van der Waals surface area contributed by atoms with Gasteiger partial charge in [-0.05, 0) is 24.0 Å². The molecule has 0 fully saturated rings. The molecule has 0 saturated heterocycles. The van der Waals surface area contributed by atoms with Crippen molar-refractivity contribution in [2.45, 2.75) is 32.0 Å². The minimum Gasteiger partial charge on any atom is -0.350 e. The van der Waals surface area contributed by atoms with Crippen molar-refractivity contribution in [1.82, 2.24) is 5.32 Å². The molecule has 0 radical (unpaired) electrons. The van der Waals surface area contributed by atoms with E-state index in [1.54, 1.807) is 12.1 Å². The second-order valence-corrected chi connectivity index (χ2v) is 8.19. The second kappa shape index (κ2) is 6.21. The van der Waals surface area contributed by atoms with E-state index in [0.29, 0.717) is 20.6 Å². The zero-order chi connectivity index (χ0) is 13.1. The van der Waals surface area contributed by atoms with Crippen molar-refractivity contribution in [3.8, 4) is 0 Å². The predicted molar refractivity (Wildman–Crippen MR) is 78.4 cm³/mol. The van der Waals surface area contributed by atoms with Gasteiger partial charge in [0.15, 0.2) is 0 Å². The van der Waals surface area contributed by atoms with Gasteiger partial charge in [-0.25, -0.2) is 0 Å². The molecule has 1 rings (SSSR count). The van der Waals surface area contributed by atoms with E-state index in [-0.39, 0.29) is 11.3 Å². The molecular weight excluding hydrogens is 322 g/mol. The molecule has 0 saturated carbocycles. The summed E-state index contributed by atoms with van der Waals surface area (Å²) in [7, 11) is 0. The van der Waals surface area contributed by atoms with Gasteiger partial charge in [-0.2, -0.15) is 0 Å². The van der Waals surface area contributed by atoms with Crippen molar-refractivity contribution in [1.29, 1.82) is 0 Å². The Bertz CT molecular complexity index is 386. The molecular formula is C12H17BrClNOS. The smallest absolute Gasteiger partial charge is 0.261 e. The van der Waals surface area contributed by atoms with Crippen LogP contribution < -0.4 is 5.32 Å². The number of hydrogen-bond donors (Lipinski definition) is 1. The molecule has 2 nitrogen and oxygen atoms in total. The fourth-order valence-electron chi connectivity index (χ4n) is 1.46. The largest absolute Gasteiger partial charge is 0.350 e. The Balaban J connectivity index is 2.38. The van der Waals surface area contributed by atoms with E-state index in [0.717, 1.165) is 6.42 Å². The van der Waals surface area contributed by atoms with Crippen molar-refractivity contribution < 1.29 is 4.79 Å². The molecule has 1 aromatic rings. The Morgan fingerprint density at radius 3 is 2.65 bits per heavy atom. The normalized spacial score (nSPS) is 13.5. The highest BCUT2D eigenvalue weighted by molar-refractivity contribution is 9.09. The lowest BCUT2D eigenvalue weighted by molar-refractivity contribution is 0.0956. The number of hydrogen-bond acceptors (Lipinski definition) is 2. The summed E-state index contributed by atoms with van der Waals surface area (Å²) in [6, 6.07) is 3.48. The first-order chi connectivity index (χ1) is 7.78. The number of thiophene rings is 1. The van der Waals surface area contributed by atoms with Gasteiger partial charge in [0.1, 0.15) is 0 Å². The van der Waals surface area contributed by atoms with E-state index in [4.69, 9.17) is 11.6 Å². The highest BCUT2D eigenvalue weighted by atomic mass is 79.9. The average molecular weight is 339 g/mol. The van der Waals surface area contributed by atoms with Crippen molar-refractivity contribution in [3.63, 3.8) is 0 Å². The van der Waals surface area contributed by atoms with Crippen LogP contribution >= 0.6 is 38.9 Å². The standard InChI is InChI=1S/C12H17BrClNOS/c1-12(2,3)6-8(13)7-15-11(16)9-4-5-10(14)17-9/h4-5,8H,6-7H2,1-3H3,(H,15,16). The molecule has 0 bridgehead atoms. The Hall–Kier alpha value is -0.0600.